The molecule has 2 aliphatic heterocycles. The number of amidine groups is 1. The van der Waals surface area contributed by atoms with Gasteiger partial charge in [-0.05, 0) is 12.1 Å². The molecule has 2 saturated heterocycles. The van der Waals surface area contributed by atoms with Gasteiger partial charge in [0.25, 0.3) is 5.91 Å². The molecule has 0 bridgehead atoms. The summed E-state index contributed by atoms with van der Waals surface area (Å²) in [6, 6.07) is 5.12. The van der Waals surface area contributed by atoms with E-state index in [-0.39, 0.29) is 34.6 Å². The molecule has 0 N–H and O–H groups in total. The summed E-state index contributed by atoms with van der Waals surface area (Å²) < 4.78 is 34.8. The molecule has 3 rings (SSSR count). The van der Waals surface area contributed by atoms with Gasteiger partial charge >= 0.3 is 0 Å². The number of ether oxygens (including phenoxy) is 2. The predicted molar refractivity (Wildman–Crippen MR) is 103 cm³/mol. The first kappa shape index (κ1) is 19.0. The second-order valence-electron chi connectivity index (χ2n) is 6.60. The number of anilines is 1. The van der Waals surface area contributed by atoms with Crippen molar-refractivity contribution in [1.29, 1.82) is 0 Å². The lowest BCUT2D eigenvalue weighted by atomic mass is 10.2. The SMILES string of the molecule is COc1ccc(N2C(=NC(=O)C(C)C)S[C@@H]3CS(=O)(=O)C[C@H]32)cc1OC. The van der Waals surface area contributed by atoms with E-state index in [1.54, 1.807) is 40.2 Å². The first-order valence-corrected chi connectivity index (χ1v) is 11.0. The van der Waals surface area contributed by atoms with E-state index in [4.69, 9.17) is 9.47 Å². The van der Waals surface area contributed by atoms with E-state index in [1.165, 1.54) is 11.8 Å². The average molecular weight is 399 g/mol. The van der Waals surface area contributed by atoms with E-state index < -0.39 is 9.84 Å². The molecule has 2 fully saturated rings. The van der Waals surface area contributed by atoms with Crippen LogP contribution in [-0.4, -0.2) is 56.5 Å². The maximum Gasteiger partial charge on any atom is 0.250 e. The summed E-state index contributed by atoms with van der Waals surface area (Å²) in [5.41, 5.74) is 0.732. The van der Waals surface area contributed by atoms with Crippen LogP contribution in [-0.2, 0) is 14.6 Å². The molecular weight excluding hydrogens is 376 g/mol. The molecule has 0 radical (unpaired) electrons. The Bertz CT molecular complexity index is 851. The summed E-state index contributed by atoms with van der Waals surface area (Å²) in [6.45, 7) is 3.58. The molecular formula is C17H22N2O5S2. The maximum absolute atomic E-state index is 12.2. The van der Waals surface area contributed by atoms with E-state index in [0.717, 1.165) is 5.69 Å². The standard InChI is InChI=1S/C17H22N2O5S2/c1-10(2)16(20)18-17-19(12-8-26(21,22)9-15(12)25-17)11-5-6-13(23-3)14(7-11)24-4/h5-7,10,12,15H,8-9H2,1-4H3/t12-,15-/m1/s1. The van der Waals surface area contributed by atoms with Crippen LogP contribution in [0.25, 0.3) is 0 Å². The van der Waals surface area contributed by atoms with Crippen LogP contribution in [0.15, 0.2) is 23.2 Å². The summed E-state index contributed by atoms with van der Waals surface area (Å²) in [7, 11) is -0.00680. The number of carbonyl (C=O) groups excluding carboxylic acids is 1. The number of methoxy groups -OCH3 is 2. The van der Waals surface area contributed by atoms with Crippen LogP contribution in [0, 0.1) is 5.92 Å². The van der Waals surface area contributed by atoms with Crippen LogP contribution in [0.4, 0.5) is 5.69 Å². The first-order chi connectivity index (χ1) is 12.3. The molecule has 1 amide bonds. The number of thioether (sulfide) groups is 1. The van der Waals surface area contributed by atoms with Gasteiger partial charge in [-0.2, -0.15) is 4.99 Å². The lowest BCUT2D eigenvalue weighted by Crippen LogP contribution is -2.37. The highest BCUT2D eigenvalue weighted by atomic mass is 32.2. The van der Waals surface area contributed by atoms with Gasteiger partial charge in [-0.25, -0.2) is 8.42 Å². The molecule has 2 aliphatic rings. The number of nitrogens with zero attached hydrogens (tertiary/aromatic N) is 2. The van der Waals surface area contributed by atoms with Gasteiger partial charge in [0.2, 0.25) is 0 Å². The van der Waals surface area contributed by atoms with E-state index in [2.05, 4.69) is 4.99 Å². The minimum absolute atomic E-state index is 0.0495. The number of carbonyl (C=O) groups is 1. The third kappa shape index (κ3) is 3.55. The number of benzene rings is 1. The second-order valence-corrected chi connectivity index (χ2v) is 9.96. The number of amides is 1. The monoisotopic (exact) mass is 398 g/mol. The van der Waals surface area contributed by atoms with Crippen molar-refractivity contribution in [3.05, 3.63) is 18.2 Å². The Kier molecular flexibility index (Phi) is 5.21. The zero-order chi connectivity index (χ0) is 19.1. The van der Waals surface area contributed by atoms with Crippen molar-refractivity contribution < 1.29 is 22.7 Å². The number of fused-ring (bicyclic) bond motifs is 1. The third-order valence-corrected chi connectivity index (χ3v) is 7.62. The van der Waals surface area contributed by atoms with Crippen LogP contribution in [0.2, 0.25) is 0 Å². The lowest BCUT2D eigenvalue weighted by molar-refractivity contribution is -0.120. The largest absolute Gasteiger partial charge is 0.493 e. The van der Waals surface area contributed by atoms with Crippen LogP contribution in [0.3, 0.4) is 0 Å². The van der Waals surface area contributed by atoms with Gasteiger partial charge in [-0.15, -0.1) is 0 Å². The van der Waals surface area contributed by atoms with Crippen LogP contribution in [0.1, 0.15) is 13.8 Å². The molecule has 2 atom stereocenters. The minimum Gasteiger partial charge on any atom is -0.493 e. The van der Waals surface area contributed by atoms with Gasteiger partial charge in [-0.3, -0.25) is 4.79 Å². The van der Waals surface area contributed by atoms with Crippen LogP contribution in [0.5, 0.6) is 11.5 Å². The molecule has 9 heteroatoms. The number of sulfone groups is 1. The zero-order valence-electron chi connectivity index (χ0n) is 15.1. The van der Waals surface area contributed by atoms with Crippen LogP contribution >= 0.6 is 11.8 Å². The molecule has 1 aromatic carbocycles. The molecule has 0 aromatic heterocycles. The summed E-state index contributed by atoms with van der Waals surface area (Å²) in [4.78, 5) is 18.3. The van der Waals surface area contributed by atoms with Crippen molar-refractivity contribution >= 4 is 38.4 Å². The molecule has 142 valence electrons. The Morgan fingerprint density at radius 3 is 2.54 bits per heavy atom. The molecule has 7 nitrogen and oxygen atoms in total. The Balaban J connectivity index is 2.05. The molecule has 0 spiro atoms. The van der Waals surface area contributed by atoms with Crippen molar-refractivity contribution in [2.24, 2.45) is 10.9 Å². The zero-order valence-corrected chi connectivity index (χ0v) is 16.8. The number of hydrogen-bond donors (Lipinski definition) is 0. The Labute approximate surface area is 157 Å². The maximum atomic E-state index is 12.2. The Morgan fingerprint density at radius 1 is 1.23 bits per heavy atom. The summed E-state index contributed by atoms with van der Waals surface area (Å²) in [5.74, 6) is 0.819. The van der Waals surface area contributed by atoms with Crippen molar-refractivity contribution in [3.63, 3.8) is 0 Å². The van der Waals surface area contributed by atoms with E-state index >= 15 is 0 Å². The summed E-state index contributed by atoms with van der Waals surface area (Å²) >= 11 is 1.36. The second kappa shape index (κ2) is 7.11. The van der Waals surface area contributed by atoms with E-state index in [9.17, 15) is 13.2 Å². The molecule has 26 heavy (non-hydrogen) atoms. The average Bonchev–Trinajstić information content (AvgIpc) is 3.04. The normalized spacial score (nSPS) is 25.6. The van der Waals surface area contributed by atoms with Crippen molar-refractivity contribution in [2.45, 2.75) is 25.1 Å². The predicted octanol–water partition coefficient (Wildman–Crippen LogP) is 1.96. The fourth-order valence-corrected chi connectivity index (χ4v) is 6.98. The Hall–Kier alpha value is -1.74. The molecule has 0 saturated carbocycles. The molecule has 0 aliphatic carbocycles. The first-order valence-electron chi connectivity index (χ1n) is 8.26. The van der Waals surface area contributed by atoms with Gasteiger partial charge in [0.1, 0.15) is 0 Å². The van der Waals surface area contributed by atoms with Crippen LogP contribution < -0.4 is 14.4 Å². The Morgan fingerprint density at radius 2 is 1.92 bits per heavy atom. The summed E-state index contributed by atoms with van der Waals surface area (Å²) in [6.07, 6.45) is 0. The fourth-order valence-electron chi connectivity index (χ4n) is 3.06. The minimum atomic E-state index is -3.10. The van der Waals surface area contributed by atoms with Crippen molar-refractivity contribution in [2.75, 3.05) is 30.6 Å². The van der Waals surface area contributed by atoms with Gasteiger partial charge < -0.3 is 14.4 Å². The highest BCUT2D eigenvalue weighted by Crippen LogP contribution is 2.43. The molecule has 1 aromatic rings. The van der Waals surface area contributed by atoms with Gasteiger partial charge in [0.05, 0.1) is 31.8 Å². The quantitative estimate of drug-likeness (QED) is 0.766. The van der Waals surface area contributed by atoms with Crippen molar-refractivity contribution in [3.8, 4) is 11.5 Å². The van der Waals surface area contributed by atoms with E-state index in [0.29, 0.717) is 16.7 Å². The van der Waals surface area contributed by atoms with Gasteiger partial charge in [-0.1, -0.05) is 25.6 Å². The number of aliphatic imine (C=N–C) groups is 1. The van der Waals surface area contributed by atoms with Crippen molar-refractivity contribution in [1.82, 2.24) is 0 Å². The number of hydrogen-bond acceptors (Lipinski definition) is 6. The molecule has 0 unspecified atom stereocenters. The van der Waals surface area contributed by atoms with Gasteiger partial charge in [0.15, 0.2) is 26.5 Å². The fraction of sp³-hybridized carbons (Fsp3) is 0.529. The smallest absolute Gasteiger partial charge is 0.250 e. The number of rotatable bonds is 4. The topological polar surface area (TPSA) is 85.3 Å². The molecule has 2 heterocycles. The highest BCUT2D eigenvalue weighted by molar-refractivity contribution is 8.16. The highest BCUT2D eigenvalue weighted by Gasteiger charge is 2.49. The lowest BCUT2D eigenvalue weighted by Gasteiger charge is -2.25. The van der Waals surface area contributed by atoms with E-state index in [1.807, 2.05) is 11.0 Å². The van der Waals surface area contributed by atoms with Gasteiger partial charge in [0, 0.05) is 22.9 Å². The summed E-state index contributed by atoms with van der Waals surface area (Å²) in [5, 5.41) is 0.410. The third-order valence-electron chi connectivity index (χ3n) is 4.41.